The number of hydrogen-bond donors (Lipinski definition) is 2. The zero-order valence-electron chi connectivity index (χ0n) is 17.0. The Morgan fingerprint density at radius 1 is 1.22 bits per heavy atom. The van der Waals surface area contributed by atoms with E-state index in [-0.39, 0.29) is 0 Å². The summed E-state index contributed by atoms with van der Waals surface area (Å²) in [7, 11) is -3.31. The maximum atomic E-state index is 11.9. The van der Waals surface area contributed by atoms with E-state index in [4.69, 9.17) is 0 Å². The minimum atomic E-state index is -3.31. The number of hydrogen-bond acceptors (Lipinski definition) is 3. The van der Waals surface area contributed by atoms with E-state index < -0.39 is 15.3 Å². The molecule has 0 radical (unpaired) electrons. The fraction of sp³-hybridized carbons (Fsp3) is 0.455. The van der Waals surface area contributed by atoms with Crippen molar-refractivity contribution in [3.05, 3.63) is 65.4 Å². The van der Waals surface area contributed by atoms with E-state index in [1.54, 1.807) is 26.0 Å². The molecule has 27 heavy (non-hydrogen) atoms. The average Bonchev–Trinajstić information content (AvgIpc) is 2.84. The molecule has 1 aliphatic carbocycles. The molecule has 2 unspecified atom stereocenters. The van der Waals surface area contributed by atoms with Gasteiger partial charge in [0.05, 0.1) is 5.25 Å². The van der Waals surface area contributed by atoms with Crippen LogP contribution >= 0.6 is 0 Å². The van der Waals surface area contributed by atoms with Gasteiger partial charge >= 0.3 is 0 Å². The molecule has 4 nitrogen and oxygen atoms in total. The summed E-state index contributed by atoms with van der Waals surface area (Å²) in [5.74, 6) is 1.14. The van der Waals surface area contributed by atoms with Crippen molar-refractivity contribution < 1.29 is 8.42 Å². The molecule has 1 saturated carbocycles. The summed E-state index contributed by atoms with van der Waals surface area (Å²) < 4.78 is 26.4. The zero-order valence-corrected chi connectivity index (χ0v) is 17.9. The van der Waals surface area contributed by atoms with Gasteiger partial charge in [0, 0.05) is 17.9 Å². The molecule has 0 spiro atoms. The molecule has 2 rings (SSSR count). The largest absolute Gasteiger partial charge is 0.384 e. The second-order valence-corrected chi connectivity index (χ2v) is 10.0. The van der Waals surface area contributed by atoms with Crippen molar-refractivity contribution in [2.45, 2.75) is 52.8 Å². The first-order valence-corrected chi connectivity index (χ1v) is 11.1. The Morgan fingerprint density at radius 3 is 2.37 bits per heavy atom. The lowest BCUT2D eigenvalue weighted by molar-refractivity contribution is 0.592. The Hall–Kier alpha value is -2.01. The molecule has 1 aromatic rings. The van der Waals surface area contributed by atoms with Gasteiger partial charge in [0.2, 0.25) is 10.0 Å². The highest BCUT2D eigenvalue weighted by Crippen LogP contribution is 2.39. The highest BCUT2D eigenvalue weighted by molar-refractivity contribution is 7.93. The smallest absolute Gasteiger partial charge is 0.235 e. The van der Waals surface area contributed by atoms with E-state index >= 15 is 0 Å². The molecule has 0 heterocycles. The highest BCUT2D eigenvalue weighted by Gasteiger charge is 2.25. The summed E-state index contributed by atoms with van der Waals surface area (Å²) in [6.45, 7) is 14.8. The van der Waals surface area contributed by atoms with Gasteiger partial charge in [0.15, 0.2) is 0 Å². The van der Waals surface area contributed by atoms with Crippen LogP contribution in [0.3, 0.4) is 0 Å². The van der Waals surface area contributed by atoms with E-state index in [2.05, 4.69) is 42.6 Å². The molecule has 2 N–H and O–H groups in total. The number of sulfonamides is 1. The normalized spacial score (nSPS) is 22.5. The van der Waals surface area contributed by atoms with Crippen LogP contribution in [0.4, 0.5) is 5.69 Å². The van der Waals surface area contributed by atoms with Gasteiger partial charge in [0.1, 0.15) is 0 Å². The predicted molar refractivity (Wildman–Crippen MR) is 115 cm³/mol. The van der Waals surface area contributed by atoms with Crippen LogP contribution in [0.25, 0.3) is 0 Å². The quantitative estimate of drug-likeness (QED) is 0.692. The number of benzene rings is 1. The SMILES string of the molecule is C=C1/C(=C\C=C(/C)NCc2ccc(NS(=O)(=O)C(C)C)cc2)C(C)CC1C. The van der Waals surface area contributed by atoms with Gasteiger partial charge in [-0.15, -0.1) is 0 Å². The summed E-state index contributed by atoms with van der Waals surface area (Å²) in [6, 6.07) is 7.45. The Morgan fingerprint density at radius 2 is 1.85 bits per heavy atom. The van der Waals surface area contributed by atoms with Crippen LogP contribution in [0.5, 0.6) is 0 Å². The van der Waals surface area contributed by atoms with Crippen LogP contribution in [0.2, 0.25) is 0 Å². The molecular weight excluding hydrogens is 356 g/mol. The summed E-state index contributed by atoms with van der Waals surface area (Å²) >= 11 is 0. The van der Waals surface area contributed by atoms with E-state index in [1.165, 1.54) is 17.6 Å². The van der Waals surface area contributed by atoms with Crippen LogP contribution in [-0.4, -0.2) is 13.7 Å². The second kappa shape index (κ2) is 8.79. The molecule has 2 atom stereocenters. The Labute approximate surface area is 164 Å². The van der Waals surface area contributed by atoms with Crippen molar-refractivity contribution in [1.82, 2.24) is 5.32 Å². The standard InChI is InChI=1S/C22H32N2O2S/c1-15(2)27(25,26)24-21-10-8-20(9-11-21)14-23-18(5)7-12-22-17(4)13-16(3)19(22)6/h7-12,15-17,23-24H,6,13-14H2,1-5H3/b18-7+,22-12-. The Balaban J connectivity index is 1.94. The molecule has 1 fully saturated rings. The van der Waals surface area contributed by atoms with Crippen molar-refractivity contribution in [3.8, 4) is 0 Å². The molecule has 0 aromatic heterocycles. The van der Waals surface area contributed by atoms with Crippen molar-refractivity contribution >= 4 is 15.7 Å². The van der Waals surface area contributed by atoms with Crippen LogP contribution in [0.15, 0.2) is 59.8 Å². The molecular formula is C22H32N2O2S. The summed E-state index contributed by atoms with van der Waals surface area (Å²) in [5, 5.41) is 2.94. The van der Waals surface area contributed by atoms with Crippen molar-refractivity contribution in [2.24, 2.45) is 11.8 Å². The topological polar surface area (TPSA) is 58.2 Å². The van der Waals surface area contributed by atoms with Gasteiger partial charge in [0.25, 0.3) is 0 Å². The molecule has 1 aliphatic rings. The van der Waals surface area contributed by atoms with Crippen LogP contribution in [-0.2, 0) is 16.6 Å². The van der Waals surface area contributed by atoms with Crippen molar-refractivity contribution in [2.75, 3.05) is 4.72 Å². The van der Waals surface area contributed by atoms with Gasteiger partial charge < -0.3 is 5.32 Å². The second-order valence-electron chi connectivity index (χ2n) is 7.78. The first-order valence-electron chi connectivity index (χ1n) is 9.52. The molecule has 1 aromatic carbocycles. The van der Waals surface area contributed by atoms with Gasteiger partial charge in [-0.25, -0.2) is 8.42 Å². The summed E-state index contributed by atoms with van der Waals surface area (Å²) in [5.41, 5.74) is 5.38. The van der Waals surface area contributed by atoms with E-state index in [0.29, 0.717) is 24.1 Å². The van der Waals surface area contributed by atoms with Crippen LogP contribution < -0.4 is 10.0 Å². The fourth-order valence-corrected chi connectivity index (χ4v) is 3.86. The number of nitrogens with one attached hydrogen (secondary N) is 2. The summed E-state index contributed by atoms with van der Waals surface area (Å²) in [4.78, 5) is 0. The third-order valence-electron chi connectivity index (χ3n) is 5.12. The fourth-order valence-electron chi connectivity index (χ4n) is 3.16. The lowest BCUT2D eigenvalue weighted by Gasteiger charge is -2.12. The summed E-state index contributed by atoms with van der Waals surface area (Å²) in [6.07, 6.45) is 5.47. The number of allylic oxidation sites excluding steroid dienone is 5. The van der Waals surface area contributed by atoms with E-state index in [9.17, 15) is 8.42 Å². The van der Waals surface area contributed by atoms with Gasteiger partial charge in [-0.3, -0.25) is 4.72 Å². The molecule has 0 amide bonds. The third kappa shape index (κ3) is 5.73. The highest BCUT2D eigenvalue weighted by atomic mass is 32.2. The molecule has 0 aliphatic heterocycles. The van der Waals surface area contributed by atoms with Crippen molar-refractivity contribution in [3.63, 3.8) is 0 Å². The molecule has 0 saturated heterocycles. The monoisotopic (exact) mass is 388 g/mol. The van der Waals surface area contributed by atoms with Gasteiger partial charge in [-0.05, 0) is 73.9 Å². The lowest BCUT2D eigenvalue weighted by atomic mass is 10.0. The Bertz CT molecular complexity index is 834. The Kier molecular flexibility index (Phi) is 6.93. The maximum absolute atomic E-state index is 11.9. The van der Waals surface area contributed by atoms with Gasteiger partial charge in [-0.2, -0.15) is 0 Å². The minimum Gasteiger partial charge on any atom is -0.384 e. The van der Waals surface area contributed by atoms with E-state index in [1.807, 2.05) is 19.1 Å². The minimum absolute atomic E-state index is 0.456. The average molecular weight is 389 g/mol. The molecule has 0 bridgehead atoms. The third-order valence-corrected chi connectivity index (χ3v) is 6.88. The van der Waals surface area contributed by atoms with Crippen molar-refractivity contribution in [1.29, 1.82) is 0 Å². The first-order chi connectivity index (χ1) is 12.6. The number of rotatable bonds is 7. The number of anilines is 1. The van der Waals surface area contributed by atoms with Crippen LogP contribution in [0, 0.1) is 11.8 Å². The lowest BCUT2D eigenvalue weighted by Crippen LogP contribution is -2.22. The van der Waals surface area contributed by atoms with Gasteiger partial charge in [-0.1, -0.05) is 38.6 Å². The van der Waals surface area contributed by atoms with Crippen LogP contribution in [0.1, 0.15) is 46.6 Å². The molecule has 5 heteroatoms. The maximum Gasteiger partial charge on any atom is 0.235 e. The molecule has 148 valence electrons. The first kappa shape index (κ1) is 21.3. The zero-order chi connectivity index (χ0) is 20.2. The predicted octanol–water partition coefficient (Wildman–Crippen LogP) is 4.99. The van der Waals surface area contributed by atoms with E-state index in [0.717, 1.165) is 11.3 Å².